The molecule has 0 atom stereocenters. The largest absolute Gasteiger partial charge is 0.497 e. The molecule has 3 aromatic carbocycles. The maximum Gasteiger partial charge on any atom is 0.282 e. The zero-order valence-corrected chi connectivity index (χ0v) is 19.3. The Bertz CT molecular complexity index is 1180. The predicted octanol–water partition coefficient (Wildman–Crippen LogP) is 4.57. The molecule has 0 bridgehead atoms. The zero-order chi connectivity index (χ0) is 23.5. The van der Waals surface area contributed by atoms with E-state index in [1.165, 1.54) is 4.90 Å². The third-order valence-electron chi connectivity index (χ3n) is 5.72. The van der Waals surface area contributed by atoms with Crippen LogP contribution in [0.4, 0.5) is 17.1 Å². The molecule has 6 nitrogen and oxygen atoms in total. The van der Waals surface area contributed by atoms with Gasteiger partial charge in [-0.3, -0.25) is 9.59 Å². The fourth-order valence-electron chi connectivity index (χ4n) is 4.00. The van der Waals surface area contributed by atoms with Crippen LogP contribution in [0.1, 0.15) is 12.5 Å². The number of carbonyl (C=O) groups is 2. The van der Waals surface area contributed by atoms with Crippen LogP contribution in [-0.4, -0.2) is 39.6 Å². The van der Waals surface area contributed by atoms with Crippen molar-refractivity contribution >= 4 is 34.4 Å². The molecule has 0 unspecified atom stereocenters. The smallest absolute Gasteiger partial charge is 0.282 e. The third kappa shape index (κ3) is 4.07. The van der Waals surface area contributed by atoms with Gasteiger partial charge in [0.15, 0.2) is 0 Å². The van der Waals surface area contributed by atoms with Crippen LogP contribution in [0.5, 0.6) is 5.75 Å². The third-order valence-corrected chi connectivity index (χ3v) is 5.72. The van der Waals surface area contributed by atoms with Crippen LogP contribution in [0.3, 0.4) is 0 Å². The van der Waals surface area contributed by atoms with Gasteiger partial charge in [-0.2, -0.15) is 0 Å². The van der Waals surface area contributed by atoms with E-state index in [-0.39, 0.29) is 11.8 Å². The lowest BCUT2D eigenvalue weighted by atomic mass is 10.0. The Morgan fingerprint density at radius 2 is 1.42 bits per heavy atom. The summed E-state index contributed by atoms with van der Waals surface area (Å²) in [6.45, 7) is 2.50. The van der Waals surface area contributed by atoms with Gasteiger partial charge in [0, 0.05) is 32.0 Å². The molecule has 0 saturated heterocycles. The second-order valence-electron chi connectivity index (χ2n) is 7.89. The van der Waals surface area contributed by atoms with Crippen molar-refractivity contribution in [2.24, 2.45) is 0 Å². The number of benzene rings is 3. The summed E-state index contributed by atoms with van der Waals surface area (Å²) in [5.41, 5.74) is 3.81. The molecule has 1 aliphatic heterocycles. The van der Waals surface area contributed by atoms with E-state index in [0.717, 1.165) is 11.4 Å². The van der Waals surface area contributed by atoms with Gasteiger partial charge in [-0.1, -0.05) is 30.3 Å². The zero-order valence-electron chi connectivity index (χ0n) is 19.3. The molecule has 4 rings (SSSR count). The van der Waals surface area contributed by atoms with E-state index in [1.54, 1.807) is 31.4 Å². The van der Waals surface area contributed by atoms with Crippen molar-refractivity contribution in [1.29, 1.82) is 0 Å². The SMILES string of the molecule is CCN(C1=C(c2ccc(OC)cc2)C(=O)N(c2ccc(N(C)C)cc2)C1=O)c1ccccc1. The average Bonchev–Trinajstić information content (AvgIpc) is 3.10. The summed E-state index contributed by atoms with van der Waals surface area (Å²) in [5.74, 6) is 0.00508. The van der Waals surface area contributed by atoms with E-state index in [1.807, 2.05) is 85.4 Å². The van der Waals surface area contributed by atoms with Crippen molar-refractivity contribution in [3.05, 3.63) is 90.1 Å². The lowest BCUT2D eigenvalue weighted by molar-refractivity contribution is -0.120. The molecule has 0 aromatic heterocycles. The Kier molecular flexibility index (Phi) is 6.18. The number of rotatable bonds is 7. The highest BCUT2D eigenvalue weighted by Gasteiger charge is 2.42. The van der Waals surface area contributed by atoms with E-state index in [9.17, 15) is 9.59 Å². The quantitative estimate of drug-likeness (QED) is 0.503. The number of ether oxygens (including phenoxy) is 1. The summed E-state index contributed by atoms with van der Waals surface area (Å²) < 4.78 is 5.27. The first-order valence-corrected chi connectivity index (χ1v) is 10.8. The predicted molar refractivity (Wildman–Crippen MR) is 133 cm³/mol. The van der Waals surface area contributed by atoms with Crippen LogP contribution >= 0.6 is 0 Å². The van der Waals surface area contributed by atoms with Crippen molar-refractivity contribution in [2.45, 2.75) is 6.92 Å². The van der Waals surface area contributed by atoms with E-state index < -0.39 is 0 Å². The molecule has 0 radical (unpaired) electrons. The molecule has 0 N–H and O–H groups in total. The van der Waals surface area contributed by atoms with Crippen molar-refractivity contribution < 1.29 is 14.3 Å². The fraction of sp³-hybridized carbons (Fsp3) is 0.185. The first-order chi connectivity index (χ1) is 16.0. The van der Waals surface area contributed by atoms with Crippen LogP contribution in [0, 0.1) is 0 Å². The Labute approximate surface area is 194 Å². The molecule has 1 aliphatic rings. The van der Waals surface area contributed by atoms with Crippen LogP contribution < -0.4 is 19.4 Å². The Hall–Kier alpha value is -4.06. The highest BCUT2D eigenvalue weighted by Crippen LogP contribution is 2.37. The Morgan fingerprint density at radius 1 is 0.788 bits per heavy atom. The molecule has 0 aliphatic carbocycles. The van der Waals surface area contributed by atoms with Crippen LogP contribution in [0.25, 0.3) is 5.57 Å². The van der Waals surface area contributed by atoms with Gasteiger partial charge < -0.3 is 14.5 Å². The molecule has 0 fully saturated rings. The summed E-state index contributed by atoms with van der Waals surface area (Å²) in [7, 11) is 5.49. The number of nitrogens with zero attached hydrogens (tertiary/aromatic N) is 3. The minimum absolute atomic E-state index is 0.339. The van der Waals surface area contributed by atoms with Crippen molar-refractivity contribution in [3.63, 3.8) is 0 Å². The highest BCUT2D eigenvalue weighted by molar-refractivity contribution is 6.46. The number of hydrogen-bond donors (Lipinski definition) is 0. The normalized spacial score (nSPS) is 13.5. The van der Waals surface area contributed by atoms with Gasteiger partial charge in [-0.05, 0) is 61.0 Å². The molecular formula is C27H27N3O3. The second kappa shape index (κ2) is 9.20. The lowest BCUT2D eigenvalue weighted by Gasteiger charge is -2.25. The van der Waals surface area contributed by atoms with Crippen LogP contribution in [0.2, 0.25) is 0 Å². The summed E-state index contributed by atoms with van der Waals surface area (Å²) in [6, 6.07) is 24.3. The van der Waals surface area contributed by atoms with Gasteiger partial charge in [0.2, 0.25) is 0 Å². The molecule has 2 amide bonds. The fourth-order valence-corrected chi connectivity index (χ4v) is 4.00. The van der Waals surface area contributed by atoms with E-state index in [0.29, 0.717) is 34.8 Å². The number of methoxy groups -OCH3 is 1. The first kappa shape index (κ1) is 22.1. The summed E-state index contributed by atoms with van der Waals surface area (Å²) in [4.78, 5) is 32.6. The van der Waals surface area contributed by atoms with E-state index >= 15 is 0 Å². The van der Waals surface area contributed by atoms with Gasteiger partial charge in [0.05, 0.1) is 18.4 Å². The molecule has 0 saturated carbocycles. The van der Waals surface area contributed by atoms with Crippen molar-refractivity contribution in [3.8, 4) is 5.75 Å². The number of para-hydroxylation sites is 1. The molecule has 168 valence electrons. The van der Waals surface area contributed by atoms with Crippen molar-refractivity contribution in [2.75, 3.05) is 42.4 Å². The van der Waals surface area contributed by atoms with Gasteiger partial charge in [0.25, 0.3) is 11.8 Å². The number of hydrogen-bond acceptors (Lipinski definition) is 5. The van der Waals surface area contributed by atoms with E-state index in [2.05, 4.69) is 0 Å². The molecule has 1 heterocycles. The van der Waals surface area contributed by atoms with Crippen LogP contribution in [-0.2, 0) is 9.59 Å². The van der Waals surface area contributed by atoms with Crippen LogP contribution in [0.15, 0.2) is 84.6 Å². The molecule has 6 heteroatoms. The molecule has 33 heavy (non-hydrogen) atoms. The summed E-state index contributed by atoms with van der Waals surface area (Å²) in [5, 5.41) is 0. The van der Waals surface area contributed by atoms with E-state index in [4.69, 9.17) is 4.74 Å². The van der Waals surface area contributed by atoms with Gasteiger partial charge in [-0.25, -0.2) is 4.90 Å². The standard InChI is InChI=1S/C27H27N3O3/c1-5-29(21-9-7-6-8-10-21)25-24(19-11-17-23(33-4)18-12-19)26(31)30(27(25)32)22-15-13-20(14-16-22)28(2)3/h6-18H,5H2,1-4H3. The Morgan fingerprint density at radius 3 is 1.97 bits per heavy atom. The minimum Gasteiger partial charge on any atom is -0.497 e. The number of anilines is 3. The van der Waals surface area contributed by atoms with Gasteiger partial charge in [0.1, 0.15) is 11.4 Å². The summed E-state index contributed by atoms with van der Waals surface area (Å²) in [6.07, 6.45) is 0. The number of imide groups is 1. The van der Waals surface area contributed by atoms with Gasteiger partial charge in [-0.15, -0.1) is 0 Å². The number of likely N-dealkylation sites (N-methyl/N-ethyl adjacent to an activating group) is 1. The monoisotopic (exact) mass is 441 g/mol. The molecule has 3 aromatic rings. The minimum atomic E-state index is -0.341. The second-order valence-corrected chi connectivity index (χ2v) is 7.89. The first-order valence-electron chi connectivity index (χ1n) is 10.8. The van der Waals surface area contributed by atoms with Crippen molar-refractivity contribution in [1.82, 2.24) is 0 Å². The average molecular weight is 442 g/mol. The Balaban J connectivity index is 1.85. The maximum atomic E-state index is 13.8. The maximum absolute atomic E-state index is 13.8. The molecule has 0 spiro atoms. The lowest BCUT2D eigenvalue weighted by Crippen LogP contribution is -2.35. The topological polar surface area (TPSA) is 53.1 Å². The molecular weight excluding hydrogens is 414 g/mol. The number of amides is 2. The number of carbonyl (C=O) groups excluding carboxylic acids is 2. The highest BCUT2D eigenvalue weighted by atomic mass is 16.5. The van der Waals surface area contributed by atoms with Gasteiger partial charge >= 0.3 is 0 Å². The summed E-state index contributed by atoms with van der Waals surface area (Å²) >= 11 is 0.